The van der Waals surface area contributed by atoms with Gasteiger partial charge in [-0.05, 0) is 30.4 Å². The van der Waals surface area contributed by atoms with E-state index in [9.17, 15) is 28.4 Å². The van der Waals surface area contributed by atoms with Crippen LogP contribution in [-0.4, -0.2) is 17.4 Å². The van der Waals surface area contributed by atoms with E-state index in [0.717, 1.165) is 16.7 Å². The summed E-state index contributed by atoms with van der Waals surface area (Å²) in [5.74, 6) is 0. The first-order chi connectivity index (χ1) is 15.9. The van der Waals surface area contributed by atoms with Gasteiger partial charge in [0.25, 0.3) is 0 Å². The molecule has 3 atom stereocenters. The predicted octanol–water partition coefficient (Wildman–Crippen LogP) is 3.28. The molecule has 0 bridgehead atoms. The van der Waals surface area contributed by atoms with Gasteiger partial charge in [0, 0.05) is 0 Å². The van der Waals surface area contributed by atoms with E-state index in [0.29, 0.717) is 0 Å². The Balaban J connectivity index is 0.000000473. The maximum absolute atomic E-state index is 9.99. The molecule has 0 aliphatic carbocycles. The average molecular weight is 537 g/mol. The largest absolute Gasteiger partial charge is 3.00 e. The van der Waals surface area contributed by atoms with Crippen LogP contribution in [0, 0.1) is 0 Å². The fourth-order valence-corrected chi connectivity index (χ4v) is 2.87. The normalized spacial score (nSPS) is 10.9. The molecule has 0 aliphatic heterocycles. The summed E-state index contributed by atoms with van der Waals surface area (Å²) < 4.78 is 43.1. The third-order valence-corrected chi connectivity index (χ3v) is 4.56. The van der Waals surface area contributed by atoms with E-state index in [1.165, 1.54) is 0 Å². The quantitative estimate of drug-likeness (QED) is 0.296. The summed E-state index contributed by atoms with van der Waals surface area (Å²) in [6, 6.07) is 27.4. The summed E-state index contributed by atoms with van der Waals surface area (Å²) in [5, 5.41) is 0. The van der Waals surface area contributed by atoms with Crippen molar-refractivity contribution in [2.75, 3.05) is 0 Å². The van der Waals surface area contributed by atoms with Crippen LogP contribution in [0.1, 0.15) is 16.7 Å². The fraction of sp³-hybridized carbons (Fsp3) is 0.143. The summed E-state index contributed by atoms with van der Waals surface area (Å²) in [6.45, 7) is 0.374. The van der Waals surface area contributed by atoms with Crippen LogP contribution in [-0.2, 0) is 47.1 Å². The van der Waals surface area contributed by atoms with E-state index >= 15 is 0 Å². The van der Waals surface area contributed by atoms with Crippen LogP contribution in [0.5, 0.6) is 0 Å². The Morgan fingerprint density at radius 3 is 0.853 bits per heavy atom. The van der Waals surface area contributed by atoms with Gasteiger partial charge in [0.1, 0.15) is 19.8 Å². The molecule has 0 saturated carbocycles. The van der Waals surface area contributed by atoms with Gasteiger partial charge in [-0.3, -0.25) is 0 Å². The average Bonchev–Trinajstić information content (AvgIpc) is 2.83. The van der Waals surface area contributed by atoms with E-state index in [1.54, 1.807) is 36.4 Å². The second-order valence-corrected chi connectivity index (χ2v) is 8.06. The predicted molar refractivity (Wildman–Crippen MR) is 122 cm³/mol. The standard InChI is InChI=1S/3C7H7O3P.Al/c3*8-11(9)10-6-7-4-2-1-3-5-7;/h3*1-5H,6H2;/q;;;+3. The summed E-state index contributed by atoms with van der Waals surface area (Å²) in [5.41, 5.74) is 2.56. The Morgan fingerprint density at radius 2 is 0.676 bits per heavy atom. The second kappa shape index (κ2) is 20.6. The zero-order valence-electron chi connectivity index (χ0n) is 17.9. The monoisotopic (exact) mass is 537 g/mol. The van der Waals surface area contributed by atoms with Crippen molar-refractivity contribution in [2.45, 2.75) is 19.8 Å². The maximum atomic E-state index is 9.99. The van der Waals surface area contributed by atoms with Gasteiger partial charge in [0.05, 0.1) is 0 Å². The molecule has 0 spiro atoms. The molecular weight excluding hydrogens is 516 g/mol. The zero-order valence-corrected chi connectivity index (χ0v) is 21.7. The fourth-order valence-electron chi connectivity index (χ4n) is 2.10. The molecular formula is C21H21AlO9P3+3. The minimum absolute atomic E-state index is 0. The molecule has 3 rings (SSSR count). The van der Waals surface area contributed by atoms with Crippen LogP contribution >= 0.6 is 24.8 Å². The Hall–Kier alpha value is -1.75. The first-order valence-corrected chi connectivity index (χ1v) is 12.6. The zero-order chi connectivity index (χ0) is 24.3. The van der Waals surface area contributed by atoms with Crippen LogP contribution in [0.3, 0.4) is 0 Å². The van der Waals surface area contributed by atoms with E-state index in [4.69, 9.17) is 0 Å². The van der Waals surface area contributed by atoms with Crippen LogP contribution in [0.25, 0.3) is 0 Å². The van der Waals surface area contributed by atoms with Gasteiger partial charge in [-0.1, -0.05) is 91.0 Å². The minimum Gasteiger partial charge on any atom is -0.566 e. The Bertz CT molecular complexity index is 838. The molecule has 174 valence electrons. The van der Waals surface area contributed by atoms with Gasteiger partial charge in [0.15, 0.2) is 0 Å². The summed E-state index contributed by atoms with van der Waals surface area (Å²) in [6.07, 6.45) is 0. The Labute approximate surface area is 211 Å². The van der Waals surface area contributed by atoms with Crippen molar-refractivity contribution in [2.24, 2.45) is 0 Å². The SMILES string of the molecule is O=[P+]([O-])OCc1ccccc1.O=[P+]([O-])OCc1ccccc1.O=[P+]([O-])OCc1ccccc1.[Al+3]. The van der Waals surface area contributed by atoms with Crippen LogP contribution in [0.15, 0.2) is 91.0 Å². The Kier molecular flexibility index (Phi) is 19.6. The molecule has 0 fully saturated rings. The smallest absolute Gasteiger partial charge is 0.566 e. The van der Waals surface area contributed by atoms with E-state index in [1.807, 2.05) is 54.6 Å². The molecule has 34 heavy (non-hydrogen) atoms. The first kappa shape index (κ1) is 32.3. The molecule has 0 N–H and O–H groups in total. The van der Waals surface area contributed by atoms with Crippen molar-refractivity contribution >= 4 is 42.1 Å². The first-order valence-electron chi connectivity index (χ1n) is 9.30. The molecule has 13 heteroatoms. The van der Waals surface area contributed by atoms with E-state index in [-0.39, 0.29) is 37.2 Å². The van der Waals surface area contributed by atoms with Gasteiger partial charge >= 0.3 is 42.1 Å². The van der Waals surface area contributed by atoms with Gasteiger partial charge < -0.3 is 14.7 Å². The van der Waals surface area contributed by atoms with Crippen molar-refractivity contribution in [1.29, 1.82) is 0 Å². The van der Waals surface area contributed by atoms with Crippen molar-refractivity contribution in [3.8, 4) is 0 Å². The van der Waals surface area contributed by atoms with E-state index in [2.05, 4.69) is 13.6 Å². The van der Waals surface area contributed by atoms with Crippen molar-refractivity contribution in [1.82, 2.24) is 0 Å². The molecule has 0 saturated heterocycles. The summed E-state index contributed by atoms with van der Waals surface area (Å²) >= 11 is 0. The number of hydrogen-bond donors (Lipinski definition) is 0. The molecule has 3 aromatic carbocycles. The van der Waals surface area contributed by atoms with Crippen LogP contribution in [0.4, 0.5) is 0 Å². The third-order valence-electron chi connectivity index (χ3n) is 3.54. The topological polar surface area (TPSA) is 148 Å². The molecule has 9 nitrogen and oxygen atoms in total. The molecule has 0 heterocycles. The molecule has 0 aliphatic rings. The van der Waals surface area contributed by atoms with E-state index < -0.39 is 24.8 Å². The molecule has 0 radical (unpaired) electrons. The van der Waals surface area contributed by atoms with Gasteiger partial charge in [0.2, 0.25) is 0 Å². The number of hydrogen-bond acceptors (Lipinski definition) is 9. The van der Waals surface area contributed by atoms with Crippen LogP contribution in [0.2, 0.25) is 0 Å². The molecule has 3 unspecified atom stereocenters. The number of rotatable bonds is 9. The maximum Gasteiger partial charge on any atom is 3.00 e. The van der Waals surface area contributed by atoms with Gasteiger partial charge in [-0.2, -0.15) is 0 Å². The number of benzene rings is 3. The summed E-state index contributed by atoms with van der Waals surface area (Å²) in [7, 11) is -8.17. The van der Waals surface area contributed by atoms with Crippen molar-refractivity contribution in [3.63, 3.8) is 0 Å². The summed E-state index contributed by atoms with van der Waals surface area (Å²) in [4.78, 5) is 30.0. The van der Waals surface area contributed by atoms with Crippen molar-refractivity contribution in [3.05, 3.63) is 108 Å². The Morgan fingerprint density at radius 1 is 0.471 bits per heavy atom. The van der Waals surface area contributed by atoms with Gasteiger partial charge in [-0.25, -0.2) is 0 Å². The third kappa shape index (κ3) is 18.7. The van der Waals surface area contributed by atoms with Crippen molar-refractivity contribution < 1.29 is 41.9 Å². The van der Waals surface area contributed by atoms with Gasteiger partial charge in [-0.15, -0.1) is 13.6 Å². The minimum atomic E-state index is -2.72. The van der Waals surface area contributed by atoms with Crippen LogP contribution < -0.4 is 14.7 Å². The molecule has 0 aromatic heterocycles. The molecule has 3 aromatic rings. The molecule has 0 amide bonds. The second-order valence-electron chi connectivity index (χ2n) is 5.95.